The maximum Gasteiger partial charge on any atom is 0.287 e. The highest BCUT2D eigenvalue weighted by atomic mass is 35.5. The van der Waals surface area contributed by atoms with Gasteiger partial charge in [-0.3, -0.25) is 9.00 Å². The Bertz CT molecular complexity index is 682. The molecule has 6 heteroatoms. The van der Waals surface area contributed by atoms with E-state index in [1.54, 1.807) is 18.2 Å². The van der Waals surface area contributed by atoms with Gasteiger partial charge in [0, 0.05) is 21.9 Å². The lowest BCUT2D eigenvalue weighted by Gasteiger charge is -2.05. The number of carbonyl (C=O) groups is 1. The van der Waals surface area contributed by atoms with Gasteiger partial charge in [-0.1, -0.05) is 29.8 Å². The number of halogens is 1. The highest BCUT2D eigenvalue weighted by Crippen LogP contribution is 2.18. The summed E-state index contributed by atoms with van der Waals surface area (Å²) in [6, 6.07) is 10.6. The standard InChI is InChI=1S/C16H18ClNO3S/c1-11(2)18-16(19)15-8-7-13(21-15)10-22(20)9-12-5-3-4-6-14(12)17/h3-8,11H,9-10H2,1-2H3,(H,18,19)/t22-/m0/s1. The molecule has 0 aliphatic carbocycles. The van der Waals surface area contributed by atoms with E-state index in [9.17, 15) is 9.00 Å². The first-order valence-electron chi connectivity index (χ1n) is 6.93. The zero-order valence-electron chi connectivity index (χ0n) is 12.5. The van der Waals surface area contributed by atoms with Gasteiger partial charge in [0.1, 0.15) is 5.76 Å². The average Bonchev–Trinajstić information content (AvgIpc) is 2.89. The van der Waals surface area contributed by atoms with Crippen LogP contribution in [0.5, 0.6) is 0 Å². The molecule has 0 radical (unpaired) electrons. The summed E-state index contributed by atoms with van der Waals surface area (Å²) in [5.41, 5.74) is 0.840. The summed E-state index contributed by atoms with van der Waals surface area (Å²) in [7, 11) is -1.15. The third kappa shape index (κ3) is 4.71. The van der Waals surface area contributed by atoms with Gasteiger partial charge in [0.05, 0.1) is 11.5 Å². The van der Waals surface area contributed by atoms with Gasteiger partial charge >= 0.3 is 0 Å². The summed E-state index contributed by atoms with van der Waals surface area (Å²) in [6.45, 7) is 3.75. The van der Waals surface area contributed by atoms with Crippen molar-refractivity contribution in [1.82, 2.24) is 5.32 Å². The Morgan fingerprint density at radius 3 is 2.64 bits per heavy atom. The molecule has 1 aromatic heterocycles. The monoisotopic (exact) mass is 339 g/mol. The van der Waals surface area contributed by atoms with Crippen LogP contribution in [0.4, 0.5) is 0 Å². The minimum Gasteiger partial charge on any atom is -0.455 e. The second-order valence-corrected chi connectivity index (χ2v) is 7.08. The van der Waals surface area contributed by atoms with Gasteiger partial charge < -0.3 is 9.73 Å². The zero-order chi connectivity index (χ0) is 16.1. The van der Waals surface area contributed by atoms with Crippen molar-refractivity contribution in [2.45, 2.75) is 31.4 Å². The number of rotatable bonds is 6. The highest BCUT2D eigenvalue weighted by molar-refractivity contribution is 7.83. The van der Waals surface area contributed by atoms with Gasteiger partial charge in [0.25, 0.3) is 5.91 Å². The molecule has 1 N–H and O–H groups in total. The average molecular weight is 340 g/mol. The lowest BCUT2D eigenvalue weighted by atomic mass is 10.2. The molecule has 1 amide bonds. The predicted octanol–water partition coefficient (Wildman–Crippen LogP) is 3.52. The van der Waals surface area contributed by atoms with Gasteiger partial charge in [-0.15, -0.1) is 0 Å². The van der Waals surface area contributed by atoms with Crippen molar-refractivity contribution in [2.24, 2.45) is 0 Å². The van der Waals surface area contributed by atoms with Crippen LogP contribution in [0.2, 0.25) is 5.02 Å². The second kappa shape index (κ2) is 7.61. The van der Waals surface area contributed by atoms with Crippen molar-refractivity contribution in [3.8, 4) is 0 Å². The smallest absolute Gasteiger partial charge is 0.287 e. The fourth-order valence-electron chi connectivity index (χ4n) is 1.91. The van der Waals surface area contributed by atoms with Crippen LogP contribution >= 0.6 is 11.6 Å². The van der Waals surface area contributed by atoms with E-state index in [1.807, 2.05) is 32.0 Å². The summed E-state index contributed by atoms with van der Waals surface area (Å²) in [6.07, 6.45) is 0. The van der Waals surface area contributed by atoms with E-state index in [0.717, 1.165) is 5.56 Å². The Morgan fingerprint density at radius 1 is 1.23 bits per heavy atom. The molecule has 0 bridgehead atoms. The maximum atomic E-state index is 12.2. The van der Waals surface area contributed by atoms with Gasteiger partial charge in [0.2, 0.25) is 0 Å². The van der Waals surface area contributed by atoms with Crippen LogP contribution in [0.25, 0.3) is 0 Å². The van der Waals surface area contributed by atoms with Crippen LogP contribution in [0.15, 0.2) is 40.8 Å². The number of hydrogen-bond acceptors (Lipinski definition) is 3. The normalized spacial score (nSPS) is 12.4. The molecule has 1 heterocycles. The second-order valence-electron chi connectivity index (χ2n) is 5.21. The van der Waals surface area contributed by atoms with E-state index < -0.39 is 10.8 Å². The Labute approximate surface area is 137 Å². The minimum atomic E-state index is -1.15. The Kier molecular flexibility index (Phi) is 5.80. The zero-order valence-corrected chi connectivity index (χ0v) is 14.0. The van der Waals surface area contributed by atoms with E-state index >= 15 is 0 Å². The third-order valence-corrected chi connectivity index (χ3v) is 4.49. The van der Waals surface area contributed by atoms with Crippen LogP contribution < -0.4 is 5.32 Å². The Morgan fingerprint density at radius 2 is 1.95 bits per heavy atom. The largest absolute Gasteiger partial charge is 0.455 e. The fourth-order valence-corrected chi connectivity index (χ4v) is 3.36. The third-order valence-electron chi connectivity index (χ3n) is 2.88. The van der Waals surface area contributed by atoms with Crippen molar-refractivity contribution in [1.29, 1.82) is 0 Å². The van der Waals surface area contributed by atoms with Gasteiger partial charge in [0.15, 0.2) is 5.76 Å². The quantitative estimate of drug-likeness (QED) is 0.876. The summed E-state index contributed by atoms with van der Waals surface area (Å²) < 4.78 is 17.6. The molecule has 22 heavy (non-hydrogen) atoms. The van der Waals surface area contributed by atoms with E-state index in [-0.39, 0.29) is 23.5 Å². The lowest BCUT2D eigenvalue weighted by Crippen LogP contribution is -2.29. The molecule has 0 saturated carbocycles. The number of amides is 1. The van der Waals surface area contributed by atoms with E-state index in [4.69, 9.17) is 16.0 Å². The van der Waals surface area contributed by atoms with Crippen LogP contribution in [0, 0.1) is 0 Å². The van der Waals surface area contributed by atoms with Crippen molar-refractivity contribution in [2.75, 3.05) is 0 Å². The van der Waals surface area contributed by atoms with E-state index in [0.29, 0.717) is 16.5 Å². The molecular formula is C16H18ClNO3S. The van der Waals surface area contributed by atoms with Crippen molar-refractivity contribution < 1.29 is 13.4 Å². The van der Waals surface area contributed by atoms with Crippen LogP contribution in [-0.4, -0.2) is 16.2 Å². The number of benzene rings is 1. The molecular weight excluding hydrogens is 322 g/mol. The highest BCUT2D eigenvalue weighted by Gasteiger charge is 2.14. The molecule has 0 aliphatic heterocycles. The van der Waals surface area contributed by atoms with Crippen LogP contribution in [-0.2, 0) is 22.3 Å². The lowest BCUT2D eigenvalue weighted by molar-refractivity contribution is 0.0913. The maximum absolute atomic E-state index is 12.2. The molecule has 2 rings (SSSR count). The SMILES string of the molecule is CC(C)NC(=O)c1ccc(C[S@@](=O)Cc2ccccc2Cl)o1. The van der Waals surface area contributed by atoms with Gasteiger partial charge in [-0.25, -0.2) is 0 Å². The number of carbonyl (C=O) groups excluding carboxylic acids is 1. The van der Waals surface area contributed by atoms with E-state index in [2.05, 4.69) is 5.32 Å². The molecule has 4 nitrogen and oxygen atoms in total. The predicted molar refractivity (Wildman–Crippen MR) is 88.3 cm³/mol. The van der Waals surface area contributed by atoms with Crippen LogP contribution in [0.3, 0.4) is 0 Å². The summed E-state index contributed by atoms with van der Waals surface area (Å²) >= 11 is 6.05. The van der Waals surface area contributed by atoms with Crippen LogP contribution in [0.1, 0.15) is 35.7 Å². The Balaban J connectivity index is 1.97. The molecule has 0 aliphatic rings. The van der Waals surface area contributed by atoms with Crippen molar-refractivity contribution >= 4 is 28.3 Å². The van der Waals surface area contributed by atoms with Gasteiger partial charge in [-0.05, 0) is 37.6 Å². The first-order valence-corrected chi connectivity index (χ1v) is 8.80. The number of hydrogen-bond donors (Lipinski definition) is 1. The molecule has 1 aromatic carbocycles. The fraction of sp³-hybridized carbons (Fsp3) is 0.312. The first kappa shape index (κ1) is 16.8. The molecule has 1 atom stereocenters. The molecule has 0 saturated heterocycles. The molecule has 0 spiro atoms. The van der Waals surface area contributed by atoms with Gasteiger partial charge in [-0.2, -0.15) is 0 Å². The Hall–Kier alpha value is -1.59. The summed E-state index contributed by atoms with van der Waals surface area (Å²) in [5, 5.41) is 3.35. The minimum absolute atomic E-state index is 0.0374. The summed E-state index contributed by atoms with van der Waals surface area (Å²) in [4.78, 5) is 11.8. The molecule has 0 unspecified atom stereocenters. The number of furan rings is 1. The molecule has 2 aromatic rings. The molecule has 0 fully saturated rings. The van der Waals surface area contributed by atoms with E-state index in [1.165, 1.54) is 0 Å². The first-order chi connectivity index (χ1) is 10.5. The topological polar surface area (TPSA) is 59.3 Å². The van der Waals surface area contributed by atoms with Crippen molar-refractivity contribution in [3.63, 3.8) is 0 Å². The molecule has 118 valence electrons. The number of nitrogens with one attached hydrogen (secondary N) is 1. The van der Waals surface area contributed by atoms with Crippen molar-refractivity contribution in [3.05, 3.63) is 58.5 Å². The summed E-state index contributed by atoms with van der Waals surface area (Å²) in [5.74, 6) is 1.10.